The van der Waals surface area contributed by atoms with Crippen LogP contribution in [-0.2, 0) is 0 Å². The monoisotopic (exact) mass is 292 g/mol. The van der Waals surface area contributed by atoms with E-state index in [4.69, 9.17) is 0 Å². The molecular formula is C16H15F3N2. The average Bonchev–Trinajstić information content (AvgIpc) is 2.39. The van der Waals surface area contributed by atoms with E-state index in [2.05, 4.69) is 5.32 Å². The number of hydrogen-bond acceptors (Lipinski definition) is 2. The van der Waals surface area contributed by atoms with Crippen LogP contribution in [0.1, 0.15) is 0 Å². The van der Waals surface area contributed by atoms with Crippen LogP contribution in [0.4, 0.5) is 30.2 Å². The van der Waals surface area contributed by atoms with Crippen molar-refractivity contribution in [2.24, 2.45) is 5.92 Å². The zero-order valence-electron chi connectivity index (χ0n) is 11.3. The van der Waals surface area contributed by atoms with Gasteiger partial charge in [0.1, 0.15) is 0 Å². The lowest BCUT2D eigenvalue weighted by Gasteiger charge is -2.41. The van der Waals surface area contributed by atoms with E-state index < -0.39 is 12.1 Å². The van der Waals surface area contributed by atoms with Gasteiger partial charge in [0.15, 0.2) is 0 Å². The van der Waals surface area contributed by atoms with Gasteiger partial charge in [0.2, 0.25) is 0 Å². The predicted octanol–water partition coefficient (Wildman–Crippen LogP) is 4.43. The molecule has 0 radical (unpaired) electrons. The van der Waals surface area contributed by atoms with Crippen LogP contribution in [0.15, 0.2) is 54.6 Å². The van der Waals surface area contributed by atoms with Crippen molar-refractivity contribution in [3.05, 3.63) is 54.6 Å². The van der Waals surface area contributed by atoms with E-state index in [-0.39, 0.29) is 13.1 Å². The Bertz CT molecular complexity index is 587. The lowest BCUT2D eigenvalue weighted by Crippen LogP contribution is -2.53. The Hall–Kier alpha value is -2.17. The van der Waals surface area contributed by atoms with Crippen LogP contribution in [-0.4, -0.2) is 19.3 Å². The van der Waals surface area contributed by atoms with Crippen molar-refractivity contribution in [1.29, 1.82) is 0 Å². The number of benzene rings is 2. The van der Waals surface area contributed by atoms with E-state index in [0.29, 0.717) is 0 Å². The van der Waals surface area contributed by atoms with Crippen LogP contribution >= 0.6 is 0 Å². The van der Waals surface area contributed by atoms with Gasteiger partial charge in [0.05, 0.1) is 5.92 Å². The molecule has 0 unspecified atom stereocenters. The van der Waals surface area contributed by atoms with Gasteiger partial charge < -0.3 is 10.2 Å². The topological polar surface area (TPSA) is 15.3 Å². The molecule has 1 fully saturated rings. The minimum Gasteiger partial charge on any atom is -0.370 e. The molecular weight excluding hydrogens is 277 g/mol. The molecule has 0 amide bonds. The number of anilines is 3. The molecule has 1 aliphatic heterocycles. The first-order chi connectivity index (χ1) is 10.0. The molecule has 21 heavy (non-hydrogen) atoms. The fourth-order valence-electron chi connectivity index (χ4n) is 2.34. The second-order valence-corrected chi connectivity index (χ2v) is 5.18. The van der Waals surface area contributed by atoms with Crippen molar-refractivity contribution in [1.82, 2.24) is 0 Å². The molecule has 2 aromatic carbocycles. The summed E-state index contributed by atoms with van der Waals surface area (Å²) in [5, 5.41) is 3.24. The maximum atomic E-state index is 12.5. The van der Waals surface area contributed by atoms with Gasteiger partial charge >= 0.3 is 6.18 Å². The Morgan fingerprint density at radius 2 is 1.43 bits per heavy atom. The summed E-state index contributed by atoms with van der Waals surface area (Å²) in [6, 6.07) is 17.2. The first-order valence-electron chi connectivity index (χ1n) is 6.76. The number of para-hydroxylation sites is 1. The number of nitrogens with zero attached hydrogens (tertiary/aromatic N) is 1. The van der Waals surface area contributed by atoms with Crippen molar-refractivity contribution < 1.29 is 13.2 Å². The zero-order chi connectivity index (χ0) is 14.9. The summed E-state index contributed by atoms with van der Waals surface area (Å²) in [7, 11) is 0. The summed E-state index contributed by atoms with van der Waals surface area (Å²) >= 11 is 0. The first kappa shape index (κ1) is 13.8. The molecule has 0 aromatic heterocycles. The molecule has 1 saturated heterocycles. The minimum absolute atomic E-state index is 0.0506. The maximum Gasteiger partial charge on any atom is 0.395 e. The molecule has 2 aromatic rings. The number of hydrogen-bond donors (Lipinski definition) is 1. The summed E-state index contributed by atoms with van der Waals surface area (Å²) in [5.74, 6) is -1.19. The van der Waals surface area contributed by atoms with Crippen molar-refractivity contribution >= 4 is 17.1 Å². The highest BCUT2D eigenvalue weighted by Gasteiger charge is 2.47. The molecule has 1 aliphatic rings. The van der Waals surface area contributed by atoms with Gasteiger partial charge in [-0.05, 0) is 36.4 Å². The predicted molar refractivity (Wildman–Crippen MR) is 77.9 cm³/mol. The molecule has 3 rings (SSSR count). The summed E-state index contributed by atoms with van der Waals surface area (Å²) in [5.41, 5.74) is 2.72. The molecule has 110 valence electrons. The number of alkyl halides is 3. The van der Waals surface area contributed by atoms with Gasteiger partial charge in [-0.2, -0.15) is 13.2 Å². The fourth-order valence-corrected chi connectivity index (χ4v) is 2.34. The Kier molecular flexibility index (Phi) is 3.49. The highest BCUT2D eigenvalue weighted by Crippen LogP contribution is 2.36. The van der Waals surface area contributed by atoms with Gasteiger partial charge in [-0.15, -0.1) is 0 Å². The fraction of sp³-hybridized carbons (Fsp3) is 0.250. The van der Waals surface area contributed by atoms with E-state index in [1.807, 2.05) is 54.6 Å². The lowest BCUT2D eigenvalue weighted by atomic mass is 9.98. The standard InChI is InChI=1S/C16H15F3N2/c17-16(18,19)12-10-21(11-12)15-8-6-14(7-9-15)20-13-4-2-1-3-5-13/h1-9,12,20H,10-11H2. The average molecular weight is 292 g/mol. The Morgan fingerprint density at radius 1 is 0.857 bits per heavy atom. The molecule has 1 N–H and O–H groups in total. The number of halogens is 3. The smallest absolute Gasteiger partial charge is 0.370 e. The van der Waals surface area contributed by atoms with Crippen LogP contribution in [0.2, 0.25) is 0 Å². The van der Waals surface area contributed by atoms with Gasteiger partial charge in [-0.1, -0.05) is 18.2 Å². The molecule has 2 nitrogen and oxygen atoms in total. The second kappa shape index (κ2) is 5.31. The molecule has 0 saturated carbocycles. The summed E-state index contributed by atoms with van der Waals surface area (Å²) in [6.45, 7) is 0.101. The van der Waals surface area contributed by atoms with Gasteiger partial charge in [0, 0.05) is 30.2 Å². The normalized spacial score (nSPS) is 15.7. The van der Waals surface area contributed by atoms with E-state index in [1.54, 1.807) is 4.90 Å². The Labute approximate surface area is 121 Å². The Balaban J connectivity index is 1.61. The van der Waals surface area contributed by atoms with Crippen molar-refractivity contribution in [3.8, 4) is 0 Å². The van der Waals surface area contributed by atoms with Crippen LogP contribution in [0.25, 0.3) is 0 Å². The van der Waals surface area contributed by atoms with Gasteiger partial charge in [-0.25, -0.2) is 0 Å². The minimum atomic E-state index is -4.08. The third-order valence-electron chi connectivity index (χ3n) is 3.64. The quantitative estimate of drug-likeness (QED) is 0.900. The molecule has 0 atom stereocenters. The third kappa shape index (κ3) is 3.12. The highest BCUT2D eigenvalue weighted by molar-refractivity contribution is 5.63. The first-order valence-corrected chi connectivity index (χ1v) is 6.76. The van der Waals surface area contributed by atoms with Crippen molar-refractivity contribution in [2.75, 3.05) is 23.3 Å². The van der Waals surface area contributed by atoms with Gasteiger partial charge in [0.25, 0.3) is 0 Å². The molecule has 0 bridgehead atoms. The largest absolute Gasteiger partial charge is 0.395 e. The summed E-state index contributed by atoms with van der Waals surface area (Å²) in [4.78, 5) is 1.74. The second-order valence-electron chi connectivity index (χ2n) is 5.18. The van der Waals surface area contributed by atoms with Crippen LogP contribution in [0.3, 0.4) is 0 Å². The molecule has 5 heteroatoms. The Morgan fingerprint density at radius 3 is 2.00 bits per heavy atom. The van der Waals surface area contributed by atoms with Crippen molar-refractivity contribution in [3.63, 3.8) is 0 Å². The van der Waals surface area contributed by atoms with Crippen LogP contribution in [0.5, 0.6) is 0 Å². The molecule has 0 aliphatic carbocycles. The maximum absolute atomic E-state index is 12.5. The van der Waals surface area contributed by atoms with E-state index in [9.17, 15) is 13.2 Å². The SMILES string of the molecule is FC(F)(F)C1CN(c2ccc(Nc3ccccc3)cc2)C1. The third-order valence-corrected chi connectivity index (χ3v) is 3.64. The van der Waals surface area contributed by atoms with E-state index >= 15 is 0 Å². The number of nitrogens with one attached hydrogen (secondary N) is 1. The van der Waals surface area contributed by atoms with Crippen LogP contribution < -0.4 is 10.2 Å². The summed E-state index contributed by atoms with van der Waals surface area (Å²) in [6.07, 6.45) is -4.08. The zero-order valence-corrected chi connectivity index (χ0v) is 11.3. The highest BCUT2D eigenvalue weighted by atomic mass is 19.4. The number of rotatable bonds is 3. The molecule has 1 heterocycles. The van der Waals surface area contributed by atoms with Crippen molar-refractivity contribution in [2.45, 2.75) is 6.18 Å². The lowest BCUT2D eigenvalue weighted by molar-refractivity contribution is -0.180. The van der Waals surface area contributed by atoms with Crippen LogP contribution in [0, 0.1) is 5.92 Å². The summed E-state index contributed by atoms with van der Waals surface area (Å²) < 4.78 is 37.4. The van der Waals surface area contributed by atoms with E-state index in [1.165, 1.54) is 0 Å². The molecule has 0 spiro atoms. The van der Waals surface area contributed by atoms with E-state index in [0.717, 1.165) is 17.1 Å². The van der Waals surface area contributed by atoms with Gasteiger partial charge in [-0.3, -0.25) is 0 Å².